The molecule has 10 heteroatoms. The first-order valence-electron chi connectivity index (χ1n) is 12.9. The largest absolute Gasteiger partial charge is 0.458 e. The molecule has 2 aliphatic carbocycles. The molecule has 4 heterocycles. The molecular weight excluding hydrogens is 509 g/mol. The summed E-state index contributed by atoms with van der Waals surface area (Å²) in [4.78, 5) is 30.3. The van der Waals surface area contributed by atoms with Crippen LogP contribution in [0.1, 0.15) is 72.0 Å². The Hall–Kier alpha value is -3.21. The van der Waals surface area contributed by atoms with E-state index in [1.54, 1.807) is 19.9 Å². The van der Waals surface area contributed by atoms with Crippen molar-refractivity contribution in [1.82, 2.24) is 14.9 Å². The van der Waals surface area contributed by atoms with Crippen LogP contribution >= 0.6 is 12.2 Å². The maximum absolute atomic E-state index is 15.0. The molecule has 4 aliphatic rings. The van der Waals surface area contributed by atoms with Crippen LogP contribution in [0.4, 0.5) is 4.39 Å². The maximum Gasteiger partial charge on any atom is 0.343 e. The standard InChI is InChI=1S/C28H26FN3O5S/c1-3-28(36)16-8-20-23-14(10-32(20)24(38)15(16)11-37-26(28)34)22-18(31-25(33)27(35)6-7-27)5-4-13-12(2)17(29)9-19(30-23)21(13)22/h8-9,18,35-36H,3-7,10-11H2,1-2H3,(H,31,33)/t18-,28-/m0/s1. The molecule has 0 bridgehead atoms. The number of nitrogens with zero attached hydrogens (tertiary/aromatic N) is 2. The van der Waals surface area contributed by atoms with Crippen molar-refractivity contribution in [3.63, 3.8) is 0 Å². The Labute approximate surface area is 222 Å². The van der Waals surface area contributed by atoms with E-state index in [0.29, 0.717) is 70.5 Å². The minimum atomic E-state index is -1.82. The number of fused-ring (bicyclic) bond motifs is 5. The highest BCUT2D eigenvalue weighted by molar-refractivity contribution is 7.71. The zero-order chi connectivity index (χ0) is 26.7. The number of pyridine rings is 2. The number of carbonyl (C=O) groups is 2. The Morgan fingerprint density at radius 3 is 2.76 bits per heavy atom. The average Bonchev–Trinajstić information content (AvgIpc) is 3.55. The molecule has 7 rings (SSSR count). The number of benzene rings is 1. The number of carbonyl (C=O) groups excluding carboxylic acids is 2. The molecule has 1 amide bonds. The van der Waals surface area contributed by atoms with E-state index in [1.807, 2.05) is 4.57 Å². The summed E-state index contributed by atoms with van der Waals surface area (Å²) in [5.74, 6) is -1.45. The van der Waals surface area contributed by atoms with Gasteiger partial charge in [0.2, 0.25) is 0 Å². The van der Waals surface area contributed by atoms with Gasteiger partial charge in [0.1, 0.15) is 22.7 Å². The quantitative estimate of drug-likeness (QED) is 0.272. The van der Waals surface area contributed by atoms with Crippen LogP contribution in [0.2, 0.25) is 0 Å². The van der Waals surface area contributed by atoms with E-state index < -0.39 is 23.1 Å². The second kappa shape index (κ2) is 7.68. The number of amides is 1. The molecule has 2 aromatic heterocycles. The van der Waals surface area contributed by atoms with Crippen LogP contribution in [0, 0.1) is 17.4 Å². The normalized spacial score (nSPS) is 23.9. The van der Waals surface area contributed by atoms with Crippen LogP contribution in [0.15, 0.2) is 12.1 Å². The lowest BCUT2D eigenvalue weighted by molar-refractivity contribution is -0.172. The van der Waals surface area contributed by atoms with Crippen molar-refractivity contribution in [2.75, 3.05) is 0 Å². The van der Waals surface area contributed by atoms with Crippen LogP contribution in [0.5, 0.6) is 0 Å². The van der Waals surface area contributed by atoms with Gasteiger partial charge in [0.15, 0.2) is 5.60 Å². The van der Waals surface area contributed by atoms with E-state index in [1.165, 1.54) is 6.07 Å². The van der Waals surface area contributed by atoms with E-state index in [0.717, 1.165) is 22.1 Å². The van der Waals surface area contributed by atoms with Gasteiger partial charge in [-0.1, -0.05) is 19.1 Å². The number of rotatable bonds is 3. The molecule has 0 unspecified atom stereocenters. The molecule has 2 aliphatic heterocycles. The van der Waals surface area contributed by atoms with Gasteiger partial charge >= 0.3 is 5.97 Å². The van der Waals surface area contributed by atoms with Crippen molar-refractivity contribution in [3.05, 3.63) is 56.0 Å². The fourth-order valence-electron chi connectivity index (χ4n) is 6.34. The van der Waals surface area contributed by atoms with Crippen LogP contribution < -0.4 is 5.32 Å². The summed E-state index contributed by atoms with van der Waals surface area (Å²) in [5.41, 5.74) is 2.70. The third-order valence-corrected chi connectivity index (χ3v) is 9.30. The third-order valence-electron chi connectivity index (χ3n) is 8.83. The first-order chi connectivity index (χ1) is 18.1. The number of aromatic nitrogens is 2. The fraction of sp³-hybridized carbons (Fsp3) is 0.429. The highest BCUT2D eigenvalue weighted by Crippen LogP contribution is 2.47. The minimum absolute atomic E-state index is 0.0278. The Bertz CT molecular complexity index is 1690. The number of aryl methyl sites for hydroxylation is 1. The van der Waals surface area contributed by atoms with E-state index in [-0.39, 0.29) is 24.9 Å². The van der Waals surface area contributed by atoms with Crippen molar-refractivity contribution >= 4 is 35.0 Å². The lowest BCUT2D eigenvalue weighted by Crippen LogP contribution is -2.41. The molecular formula is C28H26FN3O5S. The van der Waals surface area contributed by atoms with E-state index >= 15 is 4.39 Å². The van der Waals surface area contributed by atoms with Crippen molar-refractivity contribution in [3.8, 4) is 11.4 Å². The maximum atomic E-state index is 15.0. The number of hydrogen-bond donors (Lipinski definition) is 3. The van der Waals surface area contributed by atoms with Gasteiger partial charge in [-0.15, -0.1) is 0 Å². The minimum Gasteiger partial charge on any atom is -0.458 e. The number of hydrogen-bond acceptors (Lipinski definition) is 7. The summed E-state index contributed by atoms with van der Waals surface area (Å²) in [6.45, 7) is 3.81. The third kappa shape index (κ3) is 3.02. The molecule has 3 aromatic rings. The van der Waals surface area contributed by atoms with Gasteiger partial charge in [0, 0.05) is 28.1 Å². The Kier molecular flexibility index (Phi) is 4.82. The molecule has 3 N–H and O–H groups in total. The van der Waals surface area contributed by atoms with Gasteiger partial charge in [0.05, 0.1) is 29.5 Å². The van der Waals surface area contributed by atoms with Gasteiger partial charge < -0.3 is 24.8 Å². The van der Waals surface area contributed by atoms with E-state index in [2.05, 4.69) is 5.32 Å². The Morgan fingerprint density at radius 1 is 1.29 bits per heavy atom. The highest BCUT2D eigenvalue weighted by Gasteiger charge is 2.49. The number of nitrogens with one attached hydrogen (secondary N) is 1. The molecule has 1 fully saturated rings. The van der Waals surface area contributed by atoms with Gasteiger partial charge in [-0.25, -0.2) is 14.2 Å². The lowest BCUT2D eigenvalue weighted by Gasteiger charge is -2.32. The van der Waals surface area contributed by atoms with Crippen LogP contribution in [-0.4, -0.2) is 37.2 Å². The van der Waals surface area contributed by atoms with Crippen molar-refractivity contribution in [2.24, 2.45) is 0 Å². The van der Waals surface area contributed by atoms with Crippen molar-refractivity contribution < 1.29 is 28.9 Å². The SMILES string of the molecule is CC[C@@]1(O)C(=O)OCc2c1cc1n(c2=S)Cc2c-1nc1cc(F)c(C)c3c1c2[C@@H](NC(=O)C1(O)CC1)CC3. The lowest BCUT2D eigenvalue weighted by atomic mass is 9.81. The zero-order valence-electron chi connectivity index (χ0n) is 21.0. The Balaban J connectivity index is 1.49. The van der Waals surface area contributed by atoms with E-state index in [9.17, 15) is 19.8 Å². The van der Waals surface area contributed by atoms with Crippen molar-refractivity contribution in [1.29, 1.82) is 0 Å². The molecule has 8 nitrogen and oxygen atoms in total. The number of ether oxygens (including phenoxy) is 1. The van der Waals surface area contributed by atoms with Crippen LogP contribution in [0.25, 0.3) is 22.3 Å². The summed E-state index contributed by atoms with van der Waals surface area (Å²) in [7, 11) is 0. The van der Waals surface area contributed by atoms with Gasteiger partial charge in [-0.2, -0.15) is 0 Å². The second-order valence-electron chi connectivity index (χ2n) is 10.9. The van der Waals surface area contributed by atoms with Gasteiger partial charge in [-0.3, -0.25) is 4.79 Å². The molecule has 0 radical (unpaired) electrons. The monoisotopic (exact) mass is 535 g/mol. The number of cyclic esters (lactones) is 1. The molecule has 0 saturated heterocycles. The fourth-order valence-corrected chi connectivity index (χ4v) is 6.67. The summed E-state index contributed by atoms with van der Waals surface area (Å²) in [6.07, 6.45) is 2.11. The highest BCUT2D eigenvalue weighted by atomic mass is 32.1. The summed E-state index contributed by atoms with van der Waals surface area (Å²) in [6, 6.07) is 2.78. The molecule has 0 spiro atoms. The number of aliphatic hydroxyl groups is 2. The smallest absolute Gasteiger partial charge is 0.343 e. The summed E-state index contributed by atoms with van der Waals surface area (Å²) in [5, 5.41) is 25.6. The first-order valence-corrected chi connectivity index (χ1v) is 13.3. The predicted octanol–water partition coefficient (Wildman–Crippen LogP) is 3.52. The van der Waals surface area contributed by atoms with Gasteiger partial charge in [-0.05, 0) is 61.8 Å². The van der Waals surface area contributed by atoms with E-state index in [4.69, 9.17) is 21.9 Å². The average molecular weight is 536 g/mol. The first kappa shape index (κ1) is 23.9. The number of halogens is 1. The second-order valence-corrected chi connectivity index (χ2v) is 11.3. The van der Waals surface area contributed by atoms with Crippen LogP contribution in [0.3, 0.4) is 0 Å². The summed E-state index contributed by atoms with van der Waals surface area (Å²) < 4.78 is 22.6. The molecule has 196 valence electrons. The summed E-state index contributed by atoms with van der Waals surface area (Å²) >= 11 is 5.84. The Morgan fingerprint density at radius 2 is 2.05 bits per heavy atom. The molecule has 38 heavy (non-hydrogen) atoms. The van der Waals surface area contributed by atoms with Gasteiger partial charge in [0.25, 0.3) is 5.91 Å². The van der Waals surface area contributed by atoms with Crippen LogP contribution in [-0.2, 0) is 39.5 Å². The molecule has 1 aromatic carbocycles. The topological polar surface area (TPSA) is 114 Å². The molecule has 1 saturated carbocycles. The predicted molar refractivity (Wildman–Crippen MR) is 137 cm³/mol. The number of esters is 1. The zero-order valence-corrected chi connectivity index (χ0v) is 21.8. The molecule has 2 atom stereocenters. The van der Waals surface area contributed by atoms with Crippen molar-refractivity contribution in [2.45, 2.75) is 76.3 Å².